The average Bonchev–Trinajstić information content (AvgIpc) is 2.80. The second-order valence-electron chi connectivity index (χ2n) is 4.56. The van der Waals surface area contributed by atoms with Crippen LogP contribution in [-0.2, 0) is 9.59 Å². The van der Waals surface area contributed by atoms with Crippen LogP contribution in [0.5, 0.6) is 0 Å². The summed E-state index contributed by atoms with van der Waals surface area (Å²) in [6.45, 7) is 3.59. The highest BCUT2D eigenvalue weighted by Crippen LogP contribution is 2.17. The molecule has 2 atom stereocenters. The zero-order valence-corrected chi connectivity index (χ0v) is 12.6. The Morgan fingerprint density at radius 1 is 1.43 bits per heavy atom. The number of carbonyl (C=O) groups is 3. The quantitative estimate of drug-likeness (QED) is 0.582. The number of carboxylic acid groups (broad SMARTS) is 1. The first-order valence-electron chi connectivity index (χ1n) is 6.29. The van der Waals surface area contributed by atoms with Gasteiger partial charge in [0.25, 0.3) is 0 Å². The van der Waals surface area contributed by atoms with Crippen LogP contribution in [0, 0.1) is 6.92 Å². The lowest BCUT2D eigenvalue weighted by Gasteiger charge is -2.17. The zero-order valence-electron chi connectivity index (χ0n) is 11.8. The molecule has 1 rings (SSSR count). The summed E-state index contributed by atoms with van der Waals surface area (Å²) in [5.41, 5.74) is 5.82. The van der Waals surface area contributed by atoms with Crippen molar-refractivity contribution in [3.05, 3.63) is 16.1 Å². The summed E-state index contributed by atoms with van der Waals surface area (Å²) in [5, 5.41) is 16.5. The highest BCUT2D eigenvalue weighted by molar-refractivity contribution is 7.09. The fourth-order valence-electron chi connectivity index (χ4n) is 1.57. The van der Waals surface area contributed by atoms with E-state index in [0.29, 0.717) is 0 Å². The molecular formula is C12H18N4O4S. The first-order valence-corrected chi connectivity index (χ1v) is 7.17. The summed E-state index contributed by atoms with van der Waals surface area (Å²) in [6, 6.07) is -2.13. The maximum atomic E-state index is 11.8. The lowest BCUT2D eigenvalue weighted by Crippen LogP contribution is -2.46. The van der Waals surface area contributed by atoms with Gasteiger partial charge in [-0.05, 0) is 20.3 Å². The number of nitrogens with zero attached hydrogens (tertiary/aromatic N) is 1. The zero-order chi connectivity index (χ0) is 16.0. The molecule has 1 heterocycles. The molecule has 3 amide bonds. The molecule has 116 valence electrons. The van der Waals surface area contributed by atoms with Crippen LogP contribution in [0.25, 0.3) is 0 Å². The minimum absolute atomic E-state index is 0.0528. The van der Waals surface area contributed by atoms with E-state index in [4.69, 9.17) is 10.8 Å². The molecule has 0 aliphatic heterocycles. The molecule has 9 heteroatoms. The van der Waals surface area contributed by atoms with E-state index in [1.807, 2.05) is 12.3 Å². The Morgan fingerprint density at radius 2 is 2.10 bits per heavy atom. The highest BCUT2D eigenvalue weighted by Gasteiger charge is 2.21. The molecule has 0 spiro atoms. The third-order valence-corrected chi connectivity index (χ3v) is 3.78. The first kappa shape index (κ1) is 16.9. The summed E-state index contributed by atoms with van der Waals surface area (Å²) >= 11 is 1.41. The summed E-state index contributed by atoms with van der Waals surface area (Å²) in [6.07, 6.45) is -0.165. The van der Waals surface area contributed by atoms with E-state index >= 15 is 0 Å². The molecule has 0 saturated heterocycles. The fourth-order valence-corrected chi connectivity index (χ4v) is 2.38. The van der Waals surface area contributed by atoms with E-state index in [-0.39, 0.29) is 18.9 Å². The predicted octanol–water partition coefficient (Wildman–Crippen LogP) is 0.530. The summed E-state index contributed by atoms with van der Waals surface area (Å²) < 4.78 is 0. The fraction of sp³-hybridized carbons (Fsp3) is 0.500. The van der Waals surface area contributed by atoms with Crippen molar-refractivity contribution in [2.24, 2.45) is 5.73 Å². The number of amides is 3. The molecule has 0 fully saturated rings. The van der Waals surface area contributed by atoms with Crippen molar-refractivity contribution in [3.63, 3.8) is 0 Å². The largest absolute Gasteiger partial charge is 0.480 e. The number of nitrogens with one attached hydrogen (secondary N) is 2. The second kappa shape index (κ2) is 7.58. The van der Waals surface area contributed by atoms with Crippen molar-refractivity contribution < 1.29 is 19.5 Å². The number of hydrogen-bond acceptors (Lipinski definition) is 5. The highest BCUT2D eigenvalue weighted by atomic mass is 32.1. The van der Waals surface area contributed by atoms with E-state index < -0.39 is 23.9 Å². The number of primary amides is 1. The van der Waals surface area contributed by atoms with Crippen LogP contribution in [0.3, 0.4) is 0 Å². The summed E-state index contributed by atoms with van der Waals surface area (Å²) in [5.74, 6) is -1.83. The number of urea groups is 1. The van der Waals surface area contributed by atoms with E-state index in [1.54, 1.807) is 6.92 Å². The lowest BCUT2D eigenvalue weighted by molar-refractivity contribution is -0.139. The smallest absolute Gasteiger partial charge is 0.326 e. The van der Waals surface area contributed by atoms with Gasteiger partial charge in [-0.1, -0.05) is 0 Å². The van der Waals surface area contributed by atoms with Crippen LogP contribution in [0.15, 0.2) is 5.38 Å². The monoisotopic (exact) mass is 314 g/mol. The predicted molar refractivity (Wildman–Crippen MR) is 76.8 cm³/mol. The van der Waals surface area contributed by atoms with Crippen molar-refractivity contribution in [2.75, 3.05) is 0 Å². The number of nitrogens with two attached hydrogens (primary N) is 1. The third-order valence-electron chi connectivity index (χ3n) is 2.64. The van der Waals surface area contributed by atoms with Crippen molar-refractivity contribution in [1.82, 2.24) is 15.6 Å². The van der Waals surface area contributed by atoms with Crippen molar-refractivity contribution in [3.8, 4) is 0 Å². The van der Waals surface area contributed by atoms with Gasteiger partial charge in [0.15, 0.2) is 0 Å². The molecule has 21 heavy (non-hydrogen) atoms. The minimum Gasteiger partial charge on any atom is -0.480 e. The SMILES string of the molecule is Cc1csc(C(C)NC(=O)N[C@H](CCC(N)=O)C(=O)O)n1. The number of aryl methyl sites for hydroxylation is 1. The maximum absolute atomic E-state index is 11.8. The Kier molecular flexibility index (Phi) is 6.10. The minimum atomic E-state index is -1.22. The second-order valence-corrected chi connectivity index (χ2v) is 5.45. The summed E-state index contributed by atoms with van der Waals surface area (Å²) in [7, 11) is 0. The van der Waals surface area contributed by atoms with E-state index in [0.717, 1.165) is 10.7 Å². The van der Waals surface area contributed by atoms with Gasteiger partial charge in [-0.2, -0.15) is 0 Å². The number of aromatic nitrogens is 1. The van der Waals surface area contributed by atoms with Crippen molar-refractivity contribution in [1.29, 1.82) is 0 Å². The maximum Gasteiger partial charge on any atom is 0.326 e. The van der Waals surface area contributed by atoms with E-state index in [1.165, 1.54) is 11.3 Å². The van der Waals surface area contributed by atoms with Gasteiger partial charge in [-0.15, -0.1) is 11.3 Å². The topological polar surface area (TPSA) is 134 Å². The molecule has 1 aromatic heterocycles. The van der Waals surface area contributed by atoms with Crippen LogP contribution >= 0.6 is 11.3 Å². The first-order chi connectivity index (χ1) is 9.79. The molecule has 1 aromatic rings. The Balaban J connectivity index is 2.53. The molecule has 8 nitrogen and oxygen atoms in total. The Morgan fingerprint density at radius 3 is 2.57 bits per heavy atom. The third kappa shape index (κ3) is 5.78. The van der Waals surface area contributed by atoms with Crippen molar-refractivity contribution >= 4 is 29.2 Å². The normalized spacial score (nSPS) is 13.2. The number of aliphatic carboxylic acids is 1. The average molecular weight is 314 g/mol. The van der Waals surface area contributed by atoms with Crippen LogP contribution in [0.4, 0.5) is 4.79 Å². The molecular weight excluding hydrogens is 296 g/mol. The standard InChI is InChI=1S/C12H18N4O4S/c1-6-5-21-10(14-6)7(2)15-12(20)16-8(11(18)19)3-4-9(13)17/h5,7-8H,3-4H2,1-2H3,(H2,13,17)(H,18,19)(H2,15,16,20)/t7?,8-/m1/s1. The molecule has 0 radical (unpaired) electrons. The number of thiazole rings is 1. The molecule has 0 aliphatic carbocycles. The summed E-state index contributed by atoms with van der Waals surface area (Å²) in [4.78, 5) is 37.7. The van der Waals surface area contributed by atoms with Crippen LogP contribution in [0.2, 0.25) is 0 Å². The molecule has 0 aromatic carbocycles. The molecule has 0 saturated carbocycles. The molecule has 1 unspecified atom stereocenters. The van der Waals surface area contributed by atoms with E-state index in [2.05, 4.69) is 15.6 Å². The number of rotatable bonds is 7. The van der Waals surface area contributed by atoms with Gasteiger partial charge >= 0.3 is 12.0 Å². The van der Waals surface area contributed by atoms with Crippen LogP contribution in [0.1, 0.15) is 36.5 Å². The van der Waals surface area contributed by atoms with Crippen LogP contribution < -0.4 is 16.4 Å². The Bertz CT molecular complexity index is 531. The number of carbonyl (C=O) groups excluding carboxylic acids is 2. The molecule has 0 bridgehead atoms. The van der Waals surface area contributed by atoms with E-state index in [9.17, 15) is 14.4 Å². The molecule has 0 aliphatic rings. The number of carboxylic acids is 1. The molecule has 5 N–H and O–H groups in total. The Hall–Kier alpha value is -2.16. The van der Waals surface area contributed by atoms with Crippen molar-refractivity contribution in [2.45, 2.75) is 38.8 Å². The van der Waals surface area contributed by atoms with Gasteiger partial charge in [0.05, 0.1) is 6.04 Å². The van der Waals surface area contributed by atoms with Gasteiger partial charge in [-0.3, -0.25) is 4.79 Å². The number of hydrogen-bond donors (Lipinski definition) is 4. The van der Waals surface area contributed by atoms with Gasteiger partial charge in [0.2, 0.25) is 5.91 Å². The van der Waals surface area contributed by atoms with Crippen LogP contribution in [-0.4, -0.2) is 34.0 Å². The van der Waals surface area contributed by atoms with Gasteiger partial charge < -0.3 is 21.5 Å². The van der Waals surface area contributed by atoms with Gasteiger partial charge in [0.1, 0.15) is 11.0 Å². The lowest BCUT2D eigenvalue weighted by atomic mass is 10.1. The Labute approximate surface area is 125 Å². The van der Waals surface area contributed by atoms with Gasteiger partial charge in [0, 0.05) is 17.5 Å². The van der Waals surface area contributed by atoms with Gasteiger partial charge in [-0.25, -0.2) is 14.6 Å².